The molecule has 128 valence electrons. The maximum atomic E-state index is 12.8. The van der Waals surface area contributed by atoms with E-state index in [2.05, 4.69) is 11.1 Å². The molecule has 5 nitrogen and oxygen atoms in total. The van der Waals surface area contributed by atoms with E-state index in [0.717, 1.165) is 16.6 Å². The molecular weight excluding hydrogens is 358 g/mol. The van der Waals surface area contributed by atoms with Crippen LogP contribution in [-0.4, -0.2) is 9.38 Å². The van der Waals surface area contributed by atoms with Gasteiger partial charge < -0.3 is 4.42 Å². The largest absolute Gasteiger partial charge is 0.457 e. The normalized spacial score (nSPS) is 12.0. The molecule has 5 aromatic rings. The third-order valence-corrected chi connectivity index (χ3v) is 5.31. The van der Waals surface area contributed by atoms with Gasteiger partial charge in [-0.15, -0.1) is 0 Å². The first-order chi connectivity index (χ1) is 13.2. The minimum absolute atomic E-state index is 0.0972. The average Bonchev–Trinajstić information content (AvgIpc) is 3.38. The van der Waals surface area contributed by atoms with Crippen LogP contribution in [-0.2, 0) is 0 Å². The zero-order valence-electron chi connectivity index (χ0n) is 13.9. The summed E-state index contributed by atoms with van der Waals surface area (Å²) in [6.45, 7) is 0. The summed E-state index contributed by atoms with van der Waals surface area (Å²) in [5.41, 5.74) is 3.00. The number of nitrogens with zero attached hydrogens (tertiary/aromatic N) is 3. The topological polar surface area (TPSA) is 71.3 Å². The Hall–Kier alpha value is -3.69. The van der Waals surface area contributed by atoms with E-state index in [0.29, 0.717) is 26.6 Å². The first-order valence-electron chi connectivity index (χ1n) is 8.25. The Morgan fingerprint density at radius 1 is 1.07 bits per heavy atom. The number of nitriles is 1. The monoisotopic (exact) mass is 369 g/mol. The maximum absolute atomic E-state index is 12.8. The van der Waals surface area contributed by atoms with Gasteiger partial charge in [0.05, 0.1) is 22.7 Å². The lowest BCUT2D eigenvalue weighted by Crippen LogP contribution is -2.22. The summed E-state index contributed by atoms with van der Waals surface area (Å²) in [7, 11) is 0. The van der Waals surface area contributed by atoms with Crippen LogP contribution in [0.5, 0.6) is 0 Å². The standard InChI is InChI=1S/C21H11N3O2S/c22-12-13-5-7-14(8-6-13)18-10-9-15(26-18)11-19-20(25)24-17-4-2-1-3-16(17)23-21(24)27-19/h1-11H/b19-11-. The fourth-order valence-corrected chi connectivity index (χ4v) is 4.00. The second-order valence-electron chi connectivity index (χ2n) is 6.03. The number of furan rings is 1. The molecule has 6 heteroatoms. The van der Waals surface area contributed by atoms with Crippen molar-refractivity contribution in [3.63, 3.8) is 0 Å². The van der Waals surface area contributed by atoms with Gasteiger partial charge in [0.1, 0.15) is 16.1 Å². The smallest absolute Gasteiger partial charge is 0.275 e. The second kappa shape index (κ2) is 5.94. The van der Waals surface area contributed by atoms with E-state index in [-0.39, 0.29) is 5.56 Å². The van der Waals surface area contributed by atoms with Gasteiger partial charge in [-0.3, -0.25) is 4.79 Å². The van der Waals surface area contributed by atoms with Crippen LogP contribution in [0.15, 0.2) is 69.9 Å². The van der Waals surface area contributed by atoms with E-state index in [1.54, 1.807) is 22.6 Å². The highest BCUT2D eigenvalue weighted by Gasteiger charge is 2.11. The van der Waals surface area contributed by atoms with E-state index < -0.39 is 0 Å². The van der Waals surface area contributed by atoms with Crippen molar-refractivity contribution in [1.29, 1.82) is 5.26 Å². The van der Waals surface area contributed by atoms with Gasteiger partial charge in [-0.05, 0) is 48.5 Å². The van der Waals surface area contributed by atoms with Crippen LogP contribution in [0.3, 0.4) is 0 Å². The number of rotatable bonds is 2. The van der Waals surface area contributed by atoms with Gasteiger partial charge in [-0.2, -0.15) is 5.26 Å². The Kier molecular flexibility index (Phi) is 3.42. The van der Waals surface area contributed by atoms with Crippen LogP contribution < -0.4 is 10.1 Å². The van der Waals surface area contributed by atoms with Gasteiger partial charge in [0.2, 0.25) is 0 Å². The Labute approximate surface area is 157 Å². The summed E-state index contributed by atoms with van der Waals surface area (Å²) < 4.78 is 8.07. The molecule has 0 atom stereocenters. The predicted octanol–water partition coefficient (Wildman–Crippen LogP) is 3.59. The quantitative estimate of drug-likeness (QED) is 0.477. The zero-order chi connectivity index (χ0) is 18.4. The number of para-hydroxylation sites is 2. The van der Waals surface area contributed by atoms with Crippen molar-refractivity contribution >= 4 is 33.4 Å². The molecule has 0 aliphatic rings. The summed E-state index contributed by atoms with van der Waals surface area (Å²) in [6, 6.07) is 20.5. The molecule has 0 fully saturated rings. The van der Waals surface area contributed by atoms with Crippen molar-refractivity contribution in [3.05, 3.63) is 86.9 Å². The van der Waals surface area contributed by atoms with Gasteiger partial charge in [-0.25, -0.2) is 9.38 Å². The maximum Gasteiger partial charge on any atom is 0.275 e. The number of thiazole rings is 1. The molecule has 0 amide bonds. The molecule has 5 rings (SSSR count). The van der Waals surface area contributed by atoms with E-state index in [1.807, 2.05) is 48.5 Å². The number of benzene rings is 2. The molecule has 0 N–H and O–H groups in total. The first kappa shape index (κ1) is 15.6. The second-order valence-corrected chi connectivity index (χ2v) is 7.03. The summed E-state index contributed by atoms with van der Waals surface area (Å²) in [4.78, 5) is 18.0. The highest BCUT2D eigenvalue weighted by molar-refractivity contribution is 7.15. The summed E-state index contributed by atoms with van der Waals surface area (Å²) in [5, 5.41) is 8.89. The molecule has 2 aromatic carbocycles. The molecule has 0 aliphatic heterocycles. The summed E-state index contributed by atoms with van der Waals surface area (Å²) in [6.07, 6.45) is 1.74. The first-order valence-corrected chi connectivity index (χ1v) is 9.07. The highest BCUT2D eigenvalue weighted by atomic mass is 32.1. The van der Waals surface area contributed by atoms with Gasteiger partial charge >= 0.3 is 0 Å². The highest BCUT2D eigenvalue weighted by Crippen LogP contribution is 2.23. The molecule has 3 heterocycles. The number of aromatic nitrogens is 2. The van der Waals surface area contributed by atoms with Gasteiger partial charge in [-0.1, -0.05) is 23.5 Å². The molecule has 0 spiro atoms. The van der Waals surface area contributed by atoms with Gasteiger partial charge in [0, 0.05) is 11.6 Å². The molecule has 0 radical (unpaired) electrons. The van der Waals surface area contributed by atoms with Crippen molar-refractivity contribution < 1.29 is 4.42 Å². The molecule has 0 saturated heterocycles. The van der Waals surface area contributed by atoms with E-state index in [9.17, 15) is 4.79 Å². The molecule has 0 aliphatic carbocycles. The van der Waals surface area contributed by atoms with Crippen molar-refractivity contribution in [3.8, 4) is 17.4 Å². The summed E-state index contributed by atoms with van der Waals surface area (Å²) in [5.74, 6) is 1.28. The van der Waals surface area contributed by atoms with Gasteiger partial charge in [0.25, 0.3) is 5.56 Å². The Morgan fingerprint density at radius 2 is 1.89 bits per heavy atom. The zero-order valence-corrected chi connectivity index (χ0v) is 14.7. The third kappa shape index (κ3) is 2.53. The Balaban J connectivity index is 1.59. The van der Waals surface area contributed by atoms with Crippen LogP contribution in [0.2, 0.25) is 0 Å². The van der Waals surface area contributed by atoms with Gasteiger partial charge in [0.15, 0.2) is 4.96 Å². The van der Waals surface area contributed by atoms with Crippen LogP contribution >= 0.6 is 11.3 Å². The van der Waals surface area contributed by atoms with E-state index in [4.69, 9.17) is 9.68 Å². The number of hydrogen-bond donors (Lipinski definition) is 0. The fraction of sp³-hybridized carbons (Fsp3) is 0. The predicted molar refractivity (Wildman–Crippen MR) is 104 cm³/mol. The molecule has 0 saturated carbocycles. The number of hydrogen-bond acceptors (Lipinski definition) is 5. The third-order valence-electron chi connectivity index (χ3n) is 4.34. The molecule has 0 unspecified atom stereocenters. The minimum Gasteiger partial charge on any atom is -0.457 e. The van der Waals surface area contributed by atoms with Crippen molar-refractivity contribution in [2.45, 2.75) is 0 Å². The number of fused-ring (bicyclic) bond motifs is 3. The summed E-state index contributed by atoms with van der Waals surface area (Å²) >= 11 is 1.34. The lowest BCUT2D eigenvalue weighted by Gasteiger charge is -1.96. The molecule has 27 heavy (non-hydrogen) atoms. The lowest BCUT2D eigenvalue weighted by atomic mass is 10.1. The van der Waals surface area contributed by atoms with E-state index in [1.165, 1.54) is 11.3 Å². The molecule has 3 aromatic heterocycles. The van der Waals surface area contributed by atoms with Crippen molar-refractivity contribution in [2.24, 2.45) is 0 Å². The average molecular weight is 369 g/mol. The van der Waals surface area contributed by atoms with E-state index >= 15 is 0 Å². The van der Waals surface area contributed by atoms with Crippen molar-refractivity contribution in [1.82, 2.24) is 9.38 Å². The minimum atomic E-state index is -0.0972. The van der Waals surface area contributed by atoms with Crippen molar-refractivity contribution in [2.75, 3.05) is 0 Å². The fourth-order valence-electron chi connectivity index (χ4n) is 3.04. The van der Waals surface area contributed by atoms with Crippen LogP contribution in [0.25, 0.3) is 33.4 Å². The lowest BCUT2D eigenvalue weighted by molar-refractivity contribution is 0.571. The van der Waals surface area contributed by atoms with Crippen LogP contribution in [0.1, 0.15) is 11.3 Å². The molecular formula is C21H11N3O2S. The molecule has 0 bridgehead atoms. The Morgan fingerprint density at radius 3 is 2.70 bits per heavy atom. The Bertz CT molecular complexity index is 1450. The van der Waals surface area contributed by atoms with Crippen LogP contribution in [0.4, 0.5) is 0 Å². The van der Waals surface area contributed by atoms with Crippen LogP contribution in [0, 0.1) is 11.3 Å². The number of imidazole rings is 1. The SMILES string of the molecule is N#Cc1ccc(-c2ccc(/C=c3\sc4nc5ccccc5n4c3=O)o2)cc1.